The van der Waals surface area contributed by atoms with Crippen molar-refractivity contribution in [1.82, 2.24) is 4.31 Å². The molecule has 0 saturated heterocycles. The second-order valence-corrected chi connectivity index (χ2v) is 9.13. The van der Waals surface area contributed by atoms with Gasteiger partial charge in [0.25, 0.3) is 5.91 Å². The first kappa shape index (κ1) is 22.7. The van der Waals surface area contributed by atoms with E-state index in [4.69, 9.17) is 16.3 Å². The molecule has 3 rings (SSSR count). The monoisotopic (exact) mass is 462 g/mol. The molecule has 3 aromatic carbocycles. The van der Waals surface area contributed by atoms with Gasteiger partial charge in [0.1, 0.15) is 11.6 Å². The number of halogens is 2. The van der Waals surface area contributed by atoms with Crippen molar-refractivity contribution >= 4 is 33.2 Å². The minimum Gasteiger partial charge on any atom is -0.482 e. The van der Waals surface area contributed by atoms with Crippen molar-refractivity contribution < 1.29 is 22.3 Å². The first-order valence-corrected chi connectivity index (χ1v) is 11.1. The van der Waals surface area contributed by atoms with E-state index in [0.717, 1.165) is 11.6 Å². The van der Waals surface area contributed by atoms with E-state index in [1.165, 1.54) is 47.8 Å². The molecule has 9 heteroatoms. The third kappa shape index (κ3) is 6.04. The molecule has 1 amide bonds. The van der Waals surface area contributed by atoms with Crippen LogP contribution < -0.4 is 10.1 Å². The largest absolute Gasteiger partial charge is 0.482 e. The van der Waals surface area contributed by atoms with Crippen molar-refractivity contribution in [3.8, 4) is 5.75 Å². The first-order chi connectivity index (χ1) is 14.8. The fraction of sp³-hybridized carbons (Fsp3) is 0.136. The first-order valence-electron chi connectivity index (χ1n) is 9.24. The van der Waals surface area contributed by atoms with Crippen LogP contribution in [0.1, 0.15) is 5.56 Å². The maximum atomic E-state index is 13.0. The highest BCUT2D eigenvalue weighted by atomic mass is 35.5. The Morgan fingerprint density at radius 2 is 1.74 bits per heavy atom. The molecule has 0 spiro atoms. The molecular weight excluding hydrogens is 443 g/mol. The Hall–Kier alpha value is -2.94. The van der Waals surface area contributed by atoms with Crippen LogP contribution in [0.2, 0.25) is 5.02 Å². The topological polar surface area (TPSA) is 75.7 Å². The number of ether oxygens (including phenoxy) is 1. The van der Waals surface area contributed by atoms with Crippen LogP contribution in [0.3, 0.4) is 0 Å². The van der Waals surface area contributed by atoms with Gasteiger partial charge in [0, 0.05) is 19.3 Å². The lowest BCUT2D eigenvalue weighted by atomic mass is 10.2. The molecule has 0 aliphatic heterocycles. The zero-order valence-corrected chi connectivity index (χ0v) is 18.2. The minimum atomic E-state index is -3.69. The van der Waals surface area contributed by atoms with Gasteiger partial charge in [0.2, 0.25) is 10.0 Å². The number of anilines is 1. The van der Waals surface area contributed by atoms with Crippen LogP contribution in [0.5, 0.6) is 5.75 Å². The van der Waals surface area contributed by atoms with Crippen LogP contribution >= 0.6 is 11.6 Å². The van der Waals surface area contributed by atoms with E-state index in [-0.39, 0.29) is 28.8 Å². The lowest BCUT2D eigenvalue weighted by Gasteiger charge is -2.17. The summed E-state index contributed by atoms with van der Waals surface area (Å²) in [6, 6.07) is 18.7. The number of rotatable bonds is 8. The lowest BCUT2D eigenvalue weighted by Crippen LogP contribution is -2.26. The molecule has 6 nitrogen and oxygen atoms in total. The average Bonchev–Trinajstić information content (AvgIpc) is 2.74. The van der Waals surface area contributed by atoms with E-state index < -0.39 is 21.7 Å². The summed E-state index contributed by atoms with van der Waals surface area (Å²) < 4.78 is 45.1. The summed E-state index contributed by atoms with van der Waals surface area (Å²) in [5, 5.41) is 2.66. The third-order valence-electron chi connectivity index (χ3n) is 4.35. The second-order valence-electron chi connectivity index (χ2n) is 6.68. The Balaban J connectivity index is 1.59. The van der Waals surface area contributed by atoms with Crippen molar-refractivity contribution in [2.45, 2.75) is 11.4 Å². The molecule has 0 aliphatic rings. The summed E-state index contributed by atoms with van der Waals surface area (Å²) in [5.41, 5.74) is 1.28. The predicted octanol–water partition coefficient (Wildman–Crippen LogP) is 4.32. The van der Waals surface area contributed by atoms with Gasteiger partial charge >= 0.3 is 0 Å². The van der Waals surface area contributed by atoms with Crippen molar-refractivity contribution in [3.63, 3.8) is 0 Å². The normalized spacial score (nSPS) is 11.4. The molecule has 1 N–H and O–H groups in total. The maximum Gasteiger partial charge on any atom is 0.262 e. The Labute approximate surface area is 185 Å². The van der Waals surface area contributed by atoms with Crippen LogP contribution in [0.4, 0.5) is 10.1 Å². The Bertz CT molecular complexity index is 1160. The highest BCUT2D eigenvalue weighted by Gasteiger charge is 2.21. The van der Waals surface area contributed by atoms with Gasteiger partial charge in [-0.05, 0) is 48.0 Å². The SMILES string of the molecule is CN(Cc1ccccc1)S(=O)(=O)c1ccc(NC(=O)COc2ccc(F)cc2Cl)cc1. The number of carbonyl (C=O) groups excluding carboxylic acids is 1. The number of nitrogens with one attached hydrogen (secondary N) is 1. The number of sulfonamides is 1. The Morgan fingerprint density at radius 3 is 2.39 bits per heavy atom. The molecular formula is C22H20ClFN2O4S. The van der Waals surface area contributed by atoms with Crippen LogP contribution in [0, 0.1) is 5.82 Å². The molecule has 0 atom stereocenters. The van der Waals surface area contributed by atoms with Crippen molar-refractivity contribution in [2.75, 3.05) is 19.0 Å². The molecule has 0 saturated carbocycles. The summed E-state index contributed by atoms with van der Waals surface area (Å²) in [6.45, 7) is -0.101. The highest BCUT2D eigenvalue weighted by molar-refractivity contribution is 7.89. The standard InChI is InChI=1S/C22H20ClFN2O4S/c1-26(14-16-5-3-2-4-6-16)31(28,29)19-10-8-18(9-11-19)25-22(27)15-30-21-12-7-17(24)13-20(21)23/h2-13H,14-15H2,1H3,(H,25,27). The molecule has 3 aromatic rings. The zero-order valence-electron chi connectivity index (χ0n) is 16.6. The average molecular weight is 463 g/mol. The molecule has 0 aromatic heterocycles. The van der Waals surface area contributed by atoms with Crippen molar-refractivity contribution in [2.24, 2.45) is 0 Å². The van der Waals surface area contributed by atoms with E-state index in [1.807, 2.05) is 30.3 Å². The Morgan fingerprint density at radius 1 is 1.06 bits per heavy atom. The molecule has 0 bridgehead atoms. The molecule has 0 fully saturated rings. The summed E-state index contributed by atoms with van der Waals surface area (Å²) in [7, 11) is -2.18. The van der Waals surface area contributed by atoms with E-state index in [0.29, 0.717) is 5.69 Å². The van der Waals surface area contributed by atoms with Gasteiger partial charge in [-0.3, -0.25) is 4.79 Å². The van der Waals surface area contributed by atoms with E-state index in [2.05, 4.69) is 5.32 Å². The van der Waals surface area contributed by atoms with E-state index in [9.17, 15) is 17.6 Å². The minimum absolute atomic E-state index is 0.0574. The summed E-state index contributed by atoms with van der Waals surface area (Å²) in [5.74, 6) is -0.801. The van der Waals surface area contributed by atoms with Crippen LogP contribution in [0.25, 0.3) is 0 Å². The number of hydrogen-bond donors (Lipinski definition) is 1. The van der Waals surface area contributed by atoms with Gasteiger partial charge in [-0.2, -0.15) is 4.31 Å². The summed E-state index contributed by atoms with van der Waals surface area (Å²) in [6.07, 6.45) is 0. The number of benzene rings is 3. The molecule has 162 valence electrons. The van der Waals surface area contributed by atoms with Gasteiger partial charge < -0.3 is 10.1 Å². The third-order valence-corrected chi connectivity index (χ3v) is 6.46. The summed E-state index contributed by atoms with van der Waals surface area (Å²) in [4.78, 5) is 12.2. The molecule has 31 heavy (non-hydrogen) atoms. The van der Waals surface area contributed by atoms with Crippen LogP contribution in [0.15, 0.2) is 77.7 Å². The smallest absolute Gasteiger partial charge is 0.262 e. The molecule has 0 unspecified atom stereocenters. The fourth-order valence-corrected chi connectivity index (χ4v) is 4.13. The van der Waals surface area contributed by atoms with E-state index in [1.54, 1.807) is 0 Å². The van der Waals surface area contributed by atoms with Gasteiger partial charge in [0.05, 0.1) is 9.92 Å². The maximum absolute atomic E-state index is 13.0. The lowest BCUT2D eigenvalue weighted by molar-refractivity contribution is -0.118. The van der Waals surface area contributed by atoms with Gasteiger partial charge in [0.15, 0.2) is 6.61 Å². The predicted molar refractivity (Wildman–Crippen MR) is 117 cm³/mol. The fourth-order valence-electron chi connectivity index (χ4n) is 2.75. The summed E-state index contributed by atoms with van der Waals surface area (Å²) >= 11 is 5.85. The molecule has 0 radical (unpaired) electrons. The number of amides is 1. The number of carbonyl (C=O) groups is 1. The van der Waals surface area contributed by atoms with Gasteiger partial charge in [-0.15, -0.1) is 0 Å². The quantitative estimate of drug-likeness (QED) is 0.541. The van der Waals surface area contributed by atoms with Crippen molar-refractivity contribution in [1.29, 1.82) is 0 Å². The van der Waals surface area contributed by atoms with E-state index >= 15 is 0 Å². The molecule has 0 aliphatic carbocycles. The number of hydrogen-bond acceptors (Lipinski definition) is 4. The number of nitrogens with zero attached hydrogens (tertiary/aromatic N) is 1. The van der Waals surface area contributed by atoms with Crippen molar-refractivity contribution in [3.05, 3.63) is 89.2 Å². The highest BCUT2D eigenvalue weighted by Crippen LogP contribution is 2.25. The Kier molecular flexibility index (Phi) is 7.27. The second kappa shape index (κ2) is 9.91. The van der Waals surface area contributed by atoms with Gasteiger partial charge in [-0.25, -0.2) is 12.8 Å². The van der Waals surface area contributed by atoms with Crippen LogP contribution in [-0.2, 0) is 21.4 Å². The van der Waals surface area contributed by atoms with Crippen LogP contribution in [-0.4, -0.2) is 32.3 Å². The van der Waals surface area contributed by atoms with Gasteiger partial charge in [-0.1, -0.05) is 41.9 Å². The molecule has 0 heterocycles. The zero-order chi connectivity index (χ0) is 22.4.